The number of hydrogen-bond donors (Lipinski definition) is 1. The first kappa shape index (κ1) is 77.1. The van der Waals surface area contributed by atoms with E-state index in [1.54, 1.807) is 0 Å². The fourth-order valence-electron chi connectivity index (χ4n) is 10.4. The Kier molecular flexibility index (Phi) is 67.8. The molecule has 0 spiro atoms. The zero-order valence-electron chi connectivity index (χ0n) is 53.3. The van der Waals surface area contributed by atoms with Crippen LogP contribution in [0, 0.1) is 0 Å². The van der Waals surface area contributed by atoms with E-state index in [4.69, 9.17) is 9.47 Å². The monoisotopic (exact) mass is 1120 g/mol. The maximum Gasteiger partial charge on any atom is 0.306 e. The molecule has 0 aromatic rings. The average molecular weight is 1120 g/mol. The smallest absolute Gasteiger partial charge is 0.306 e. The Morgan fingerprint density at radius 1 is 0.300 bits per heavy atom. The van der Waals surface area contributed by atoms with E-state index in [-0.39, 0.29) is 25.2 Å². The summed E-state index contributed by atoms with van der Waals surface area (Å²) in [6.07, 6.45) is 99.1. The Bertz CT molecular complexity index is 1450. The maximum absolute atomic E-state index is 12.4. The van der Waals surface area contributed by atoms with Crippen LogP contribution >= 0.6 is 0 Å². The lowest BCUT2D eigenvalue weighted by atomic mass is 10.0. The first-order valence-electron chi connectivity index (χ1n) is 35.1. The number of rotatable bonds is 65. The number of allylic oxidation sites excluding steroid dienone is 14. The zero-order valence-corrected chi connectivity index (χ0v) is 53.3. The molecule has 0 radical (unpaired) electrons. The maximum atomic E-state index is 12.4. The summed E-state index contributed by atoms with van der Waals surface area (Å²) in [6, 6.07) is 0. The van der Waals surface area contributed by atoms with Gasteiger partial charge in [-0.1, -0.05) is 343 Å². The number of hydrogen-bond acceptors (Lipinski definition) is 5. The molecule has 0 aromatic carbocycles. The lowest BCUT2D eigenvalue weighted by molar-refractivity contribution is -0.161. The molecule has 0 fully saturated rings. The minimum absolute atomic E-state index is 0.0634. The molecular weight excluding hydrogens is 981 g/mol. The molecule has 0 saturated carbocycles. The summed E-state index contributed by atoms with van der Waals surface area (Å²) >= 11 is 0. The topological polar surface area (TPSA) is 72.8 Å². The minimum atomic E-state index is -0.774. The van der Waals surface area contributed by atoms with Gasteiger partial charge in [-0.15, -0.1) is 0 Å². The van der Waals surface area contributed by atoms with Gasteiger partial charge in [0.05, 0.1) is 6.61 Å². The third-order valence-electron chi connectivity index (χ3n) is 15.7. The molecule has 80 heavy (non-hydrogen) atoms. The predicted molar refractivity (Wildman–Crippen MR) is 353 cm³/mol. The van der Waals surface area contributed by atoms with Crippen molar-refractivity contribution in [2.24, 2.45) is 0 Å². The number of ether oxygens (including phenoxy) is 2. The fraction of sp³-hybridized carbons (Fsp3) is 0.787. The largest absolute Gasteiger partial charge is 0.462 e. The summed E-state index contributed by atoms with van der Waals surface area (Å²) in [4.78, 5) is 24.6. The van der Waals surface area contributed by atoms with E-state index >= 15 is 0 Å². The van der Waals surface area contributed by atoms with Crippen molar-refractivity contribution >= 4 is 11.9 Å². The molecule has 5 nitrogen and oxygen atoms in total. The molecule has 5 heteroatoms. The summed E-state index contributed by atoms with van der Waals surface area (Å²) in [6.45, 7) is 4.06. The number of carbonyl (C=O) groups is 2. The minimum Gasteiger partial charge on any atom is -0.462 e. The van der Waals surface area contributed by atoms with Gasteiger partial charge in [0, 0.05) is 12.8 Å². The predicted octanol–water partition coefficient (Wildman–Crippen LogP) is 24.4. The molecule has 464 valence electrons. The molecule has 0 aliphatic rings. The number of carbonyl (C=O) groups excluding carboxylic acids is 2. The van der Waals surface area contributed by atoms with Gasteiger partial charge in [0.25, 0.3) is 0 Å². The molecule has 0 aliphatic carbocycles. The van der Waals surface area contributed by atoms with E-state index < -0.39 is 6.10 Å². The van der Waals surface area contributed by atoms with Crippen molar-refractivity contribution in [2.45, 2.75) is 367 Å². The highest BCUT2D eigenvalue weighted by atomic mass is 16.6. The van der Waals surface area contributed by atoms with Crippen molar-refractivity contribution in [3.05, 3.63) is 85.1 Å². The van der Waals surface area contributed by atoms with Crippen molar-refractivity contribution in [3.8, 4) is 0 Å². The number of aliphatic hydroxyl groups is 1. The first-order chi connectivity index (χ1) is 39.6. The van der Waals surface area contributed by atoms with Gasteiger partial charge >= 0.3 is 11.9 Å². The van der Waals surface area contributed by atoms with E-state index in [1.165, 1.54) is 257 Å². The van der Waals surface area contributed by atoms with E-state index in [2.05, 4.69) is 98.9 Å². The van der Waals surface area contributed by atoms with Crippen LogP contribution in [0.3, 0.4) is 0 Å². The van der Waals surface area contributed by atoms with E-state index in [0.717, 1.165) is 77.0 Å². The van der Waals surface area contributed by atoms with Gasteiger partial charge in [-0.2, -0.15) is 0 Å². The summed E-state index contributed by atoms with van der Waals surface area (Å²) < 4.78 is 10.8. The Labute approximate surface area is 498 Å². The van der Waals surface area contributed by atoms with Gasteiger partial charge in [0.15, 0.2) is 6.10 Å². The quantitative estimate of drug-likeness (QED) is 0.0373. The van der Waals surface area contributed by atoms with Crippen LogP contribution in [0.2, 0.25) is 0 Å². The second-order valence-corrected chi connectivity index (χ2v) is 23.6. The second-order valence-electron chi connectivity index (χ2n) is 23.6. The average Bonchev–Trinajstić information content (AvgIpc) is 3.46. The molecule has 0 saturated heterocycles. The lowest BCUT2D eigenvalue weighted by Gasteiger charge is -2.15. The molecule has 0 amide bonds. The highest BCUT2D eigenvalue weighted by Crippen LogP contribution is 2.18. The van der Waals surface area contributed by atoms with Gasteiger partial charge in [0.1, 0.15) is 6.61 Å². The molecule has 1 N–H and O–H groups in total. The molecular formula is C75H134O5. The first-order valence-corrected chi connectivity index (χ1v) is 35.1. The third-order valence-corrected chi connectivity index (χ3v) is 15.7. The van der Waals surface area contributed by atoms with E-state index in [0.29, 0.717) is 12.8 Å². The van der Waals surface area contributed by atoms with Gasteiger partial charge in [-0.05, 0) is 89.9 Å². The van der Waals surface area contributed by atoms with E-state index in [9.17, 15) is 14.7 Å². The fourth-order valence-corrected chi connectivity index (χ4v) is 10.4. The van der Waals surface area contributed by atoms with Crippen LogP contribution in [0.25, 0.3) is 0 Å². The molecule has 0 heterocycles. The zero-order chi connectivity index (χ0) is 57.6. The Morgan fingerprint density at radius 2 is 0.537 bits per heavy atom. The van der Waals surface area contributed by atoms with Crippen LogP contribution in [0.1, 0.15) is 361 Å². The van der Waals surface area contributed by atoms with Gasteiger partial charge in [-0.25, -0.2) is 0 Å². The second kappa shape index (κ2) is 70.3. The Hall–Kier alpha value is -2.92. The molecule has 0 rings (SSSR count). The highest BCUT2D eigenvalue weighted by Gasteiger charge is 2.16. The number of aliphatic hydroxyl groups excluding tert-OH is 1. The van der Waals surface area contributed by atoms with Crippen LogP contribution in [-0.2, 0) is 19.1 Å². The molecule has 0 aromatic heterocycles. The SMILES string of the molecule is CC/C=C\C/C=C\C/C=C\C/C=C\C/C=C\CCCCCCCCCCCCCCCCCCCCCCCCCCCC(=O)OC(CO)COC(=O)CCCCCCCCCCCCCCC/C=C\C/C=C\CCCCCCC. The third kappa shape index (κ3) is 67.6. The summed E-state index contributed by atoms with van der Waals surface area (Å²) in [5, 5.41) is 9.70. The highest BCUT2D eigenvalue weighted by molar-refractivity contribution is 5.70. The van der Waals surface area contributed by atoms with Crippen molar-refractivity contribution in [3.63, 3.8) is 0 Å². The van der Waals surface area contributed by atoms with Gasteiger partial charge in [-0.3, -0.25) is 9.59 Å². The molecule has 0 aliphatic heterocycles. The number of esters is 2. The van der Waals surface area contributed by atoms with Crippen molar-refractivity contribution < 1.29 is 24.2 Å². The van der Waals surface area contributed by atoms with Crippen molar-refractivity contribution in [1.82, 2.24) is 0 Å². The van der Waals surface area contributed by atoms with Crippen LogP contribution < -0.4 is 0 Å². The van der Waals surface area contributed by atoms with Crippen LogP contribution in [-0.4, -0.2) is 36.4 Å². The molecule has 1 unspecified atom stereocenters. The molecule has 1 atom stereocenters. The van der Waals surface area contributed by atoms with E-state index in [1.807, 2.05) is 0 Å². The van der Waals surface area contributed by atoms with Crippen LogP contribution in [0.15, 0.2) is 85.1 Å². The van der Waals surface area contributed by atoms with Crippen LogP contribution in [0.5, 0.6) is 0 Å². The summed E-state index contributed by atoms with van der Waals surface area (Å²) in [7, 11) is 0. The summed E-state index contributed by atoms with van der Waals surface area (Å²) in [5.74, 6) is -0.574. The number of unbranched alkanes of at least 4 members (excludes halogenated alkanes) is 43. The van der Waals surface area contributed by atoms with Gasteiger partial charge < -0.3 is 14.6 Å². The van der Waals surface area contributed by atoms with Crippen LogP contribution in [0.4, 0.5) is 0 Å². The summed E-state index contributed by atoms with van der Waals surface area (Å²) in [5.41, 5.74) is 0. The Morgan fingerprint density at radius 3 is 0.812 bits per heavy atom. The van der Waals surface area contributed by atoms with Gasteiger partial charge in [0.2, 0.25) is 0 Å². The Balaban J connectivity index is 3.40. The lowest BCUT2D eigenvalue weighted by Crippen LogP contribution is -2.28. The molecule has 0 bridgehead atoms. The van der Waals surface area contributed by atoms with Crippen molar-refractivity contribution in [2.75, 3.05) is 13.2 Å². The standard InChI is InChI=1S/C75H134O5/c1-3-5-7-9-11-13-15-17-19-21-23-25-27-29-30-31-32-33-34-35-36-37-38-39-40-41-42-43-44-46-48-50-52-54-56-58-60-62-64-66-68-70-75(78)80-73(71-76)72-79-74(77)69-67-65-63-61-59-57-55-53-51-49-47-45-28-26-24-22-20-18-16-14-12-10-8-6-4-2/h5,7,11,13,16-19,22-25,29-30,73,76H,3-4,6,8-10,12,14-15,20-21,26-28,31-72H2,1-2H3/b7-5-,13-11-,18-16-,19-17-,24-22-,25-23-,30-29-. The normalized spacial score (nSPS) is 12.7. The van der Waals surface area contributed by atoms with Crippen molar-refractivity contribution in [1.29, 1.82) is 0 Å².